The molecular formula is C11H11NO3. The lowest BCUT2D eigenvalue weighted by Gasteiger charge is -2.31. The second-order valence-corrected chi connectivity index (χ2v) is 3.60. The second-order valence-electron chi connectivity index (χ2n) is 3.60. The van der Waals surface area contributed by atoms with Crippen molar-refractivity contribution in [2.24, 2.45) is 0 Å². The Morgan fingerprint density at radius 1 is 1.40 bits per heavy atom. The van der Waals surface area contributed by atoms with Crippen LogP contribution >= 0.6 is 0 Å². The predicted octanol–water partition coefficient (Wildman–Crippen LogP) is 0.654. The van der Waals surface area contributed by atoms with Crippen LogP contribution in [0.4, 0.5) is 0 Å². The van der Waals surface area contributed by atoms with Gasteiger partial charge in [-0.05, 0) is 11.1 Å². The number of carboxylic acid groups (broad SMARTS) is 1. The van der Waals surface area contributed by atoms with Crippen LogP contribution in [0.15, 0.2) is 24.3 Å². The van der Waals surface area contributed by atoms with Gasteiger partial charge in [-0.25, -0.2) is 4.79 Å². The number of carbonyl (C=O) groups excluding carboxylic acids is 1. The lowest BCUT2D eigenvalue weighted by atomic mass is 9.94. The number of carbonyl (C=O) groups is 2. The molecule has 0 radical (unpaired) electrons. The molecule has 1 aliphatic rings. The first kappa shape index (κ1) is 9.71. The number of hydrogen-bond acceptors (Lipinski definition) is 2. The highest BCUT2D eigenvalue weighted by atomic mass is 16.4. The van der Waals surface area contributed by atoms with Gasteiger partial charge in [-0.2, -0.15) is 0 Å². The summed E-state index contributed by atoms with van der Waals surface area (Å²) in [6, 6.07) is 6.88. The summed E-state index contributed by atoms with van der Waals surface area (Å²) in [5.41, 5.74) is 2.05. The fraction of sp³-hybridized carbons (Fsp3) is 0.273. The average Bonchev–Trinajstić information content (AvgIpc) is 2.27. The van der Waals surface area contributed by atoms with Crippen LogP contribution < -0.4 is 0 Å². The molecule has 0 fully saturated rings. The van der Waals surface area contributed by atoms with E-state index in [0.29, 0.717) is 19.4 Å². The van der Waals surface area contributed by atoms with Crippen molar-refractivity contribution in [3.63, 3.8) is 0 Å². The Hall–Kier alpha value is -1.84. The molecule has 1 N–H and O–H groups in total. The van der Waals surface area contributed by atoms with Gasteiger partial charge in [0.25, 0.3) is 0 Å². The minimum atomic E-state index is -0.948. The third-order valence-electron chi connectivity index (χ3n) is 2.71. The minimum Gasteiger partial charge on any atom is -0.480 e. The molecule has 0 aromatic heterocycles. The van der Waals surface area contributed by atoms with Crippen molar-refractivity contribution >= 4 is 12.4 Å². The molecule has 4 nitrogen and oxygen atoms in total. The molecule has 1 atom stereocenters. The Morgan fingerprint density at radius 2 is 2.07 bits per heavy atom. The van der Waals surface area contributed by atoms with Crippen LogP contribution in [0.25, 0.3) is 0 Å². The molecule has 0 spiro atoms. The van der Waals surface area contributed by atoms with E-state index in [4.69, 9.17) is 5.11 Å². The summed E-state index contributed by atoms with van der Waals surface area (Å²) in [6.07, 6.45) is 0.999. The first-order valence-electron chi connectivity index (χ1n) is 4.73. The van der Waals surface area contributed by atoms with Crippen LogP contribution in [0, 0.1) is 0 Å². The maximum Gasteiger partial charge on any atom is 0.326 e. The van der Waals surface area contributed by atoms with Gasteiger partial charge in [0.05, 0.1) is 0 Å². The lowest BCUT2D eigenvalue weighted by molar-refractivity contribution is -0.147. The topological polar surface area (TPSA) is 57.6 Å². The quantitative estimate of drug-likeness (QED) is 0.721. The van der Waals surface area contributed by atoms with Crippen molar-refractivity contribution in [1.82, 2.24) is 4.90 Å². The highest BCUT2D eigenvalue weighted by molar-refractivity contribution is 5.77. The van der Waals surface area contributed by atoms with Crippen molar-refractivity contribution in [1.29, 1.82) is 0 Å². The summed E-state index contributed by atoms with van der Waals surface area (Å²) >= 11 is 0. The Balaban J connectivity index is 2.34. The maximum absolute atomic E-state index is 10.9. The Kier molecular flexibility index (Phi) is 2.41. The summed E-state index contributed by atoms with van der Waals surface area (Å²) in [5, 5.41) is 8.96. The maximum atomic E-state index is 10.9. The summed E-state index contributed by atoms with van der Waals surface area (Å²) in [4.78, 5) is 23.0. The molecule has 0 saturated carbocycles. The second kappa shape index (κ2) is 3.73. The van der Waals surface area contributed by atoms with E-state index in [1.54, 1.807) is 0 Å². The molecule has 1 aromatic rings. The van der Waals surface area contributed by atoms with E-state index >= 15 is 0 Å². The monoisotopic (exact) mass is 205 g/mol. The third kappa shape index (κ3) is 1.70. The van der Waals surface area contributed by atoms with E-state index in [2.05, 4.69) is 0 Å². The standard InChI is InChI=1S/C11H11NO3/c13-7-12-6-9-4-2-1-3-8(9)5-10(12)11(14)15/h1-4,7,10H,5-6H2,(H,14,15)/t10-/m0/s1. The van der Waals surface area contributed by atoms with Gasteiger partial charge in [0, 0.05) is 13.0 Å². The number of hydrogen-bond donors (Lipinski definition) is 1. The number of fused-ring (bicyclic) bond motifs is 1. The molecule has 78 valence electrons. The molecule has 1 aromatic carbocycles. The molecule has 1 aliphatic heterocycles. The zero-order chi connectivity index (χ0) is 10.8. The fourth-order valence-electron chi connectivity index (χ4n) is 1.88. The lowest BCUT2D eigenvalue weighted by Crippen LogP contribution is -2.44. The van der Waals surface area contributed by atoms with Gasteiger partial charge in [-0.15, -0.1) is 0 Å². The van der Waals surface area contributed by atoms with E-state index in [1.807, 2.05) is 24.3 Å². The molecule has 1 amide bonds. The van der Waals surface area contributed by atoms with Crippen LogP contribution in [-0.4, -0.2) is 28.4 Å². The van der Waals surface area contributed by atoms with E-state index in [-0.39, 0.29) is 0 Å². The predicted molar refractivity (Wildman–Crippen MR) is 53.2 cm³/mol. The zero-order valence-electron chi connectivity index (χ0n) is 8.09. The number of carboxylic acids is 1. The first-order chi connectivity index (χ1) is 7.22. The van der Waals surface area contributed by atoms with Crippen molar-refractivity contribution in [3.05, 3.63) is 35.4 Å². The first-order valence-corrected chi connectivity index (χ1v) is 4.73. The molecule has 2 rings (SSSR count). The fourth-order valence-corrected chi connectivity index (χ4v) is 1.88. The normalized spacial score (nSPS) is 19.5. The Morgan fingerprint density at radius 3 is 2.67 bits per heavy atom. The van der Waals surface area contributed by atoms with Gasteiger partial charge in [0.1, 0.15) is 6.04 Å². The summed E-state index contributed by atoms with van der Waals surface area (Å²) in [6.45, 7) is 0.386. The van der Waals surface area contributed by atoms with E-state index in [0.717, 1.165) is 11.1 Å². The highest BCUT2D eigenvalue weighted by Gasteiger charge is 2.29. The van der Waals surface area contributed by atoms with Crippen LogP contribution in [0.2, 0.25) is 0 Å². The smallest absolute Gasteiger partial charge is 0.326 e. The number of benzene rings is 1. The van der Waals surface area contributed by atoms with Crippen LogP contribution in [0.3, 0.4) is 0 Å². The van der Waals surface area contributed by atoms with Gasteiger partial charge >= 0.3 is 5.97 Å². The Labute approximate surface area is 87.1 Å². The molecule has 15 heavy (non-hydrogen) atoms. The van der Waals surface area contributed by atoms with Crippen molar-refractivity contribution < 1.29 is 14.7 Å². The largest absolute Gasteiger partial charge is 0.480 e. The molecular weight excluding hydrogens is 194 g/mol. The van der Waals surface area contributed by atoms with Crippen molar-refractivity contribution in [3.8, 4) is 0 Å². The van der Waals surface area contributed by atoms with E-state index in [9.17, 15) is 9.59 Å². The SMILES string of the molecule is O=CN1Cc2ccccc2C[C@H]1C(=O)O. The Bertz CT molecular complexity index is 403. The molecule has 4 heteroatoms. The summed E-state index contributed by atoms with van der Waals surface area (Å²) < 4.78 is 0. The van der Waals surface area contributed by atoms with Crippen LogP contribution in [0.1, 0.15) is 11.1 Å². The molecule has 0 unspecified atom stereocenters. The molecule has 0 bridgehead atoms. The summed E-state index contributed by atoms with van der Waals surface area (Å²) in [5.74, 6) is -0.948. The third-order valence-corrected chi connectivity index (χ3v) is 2.71. The summed E-state index contributed by atoms with van der Waals surface area (Å²) in [7, 11) is 0. The molecule has 1 heterocycles. The minimum absolute atomic E-state index is 0.386. The van der Waals surface area contributed by atoms with Gasteiger partial charge < -0.3 is 10.0 Å². The van der Waals surface area contributed by atoms with E-state index < -0.39 is 12.0 Å². The van der Waals surface area contributed by atoms with E-state index in [1.165, 1.54) is 4.90 Å². The zero-order valence-corrected chi connectivity index (χ0v) is 8.09. The number of rotatable bonds is 2. The average molecular weight is 205 g/mol. The van der Waals surface area contributed by atoms with Gasteiger partial charge in [0.2, 0.25) is 6.41 Å². The van der Waals surface area contributed by atoms with Gasteiger partial charge in [-0.3, -0.25) is 4.79 Å². The van der Waals surface area contributed by atoms with Crippen molar-refractivity contribution in [2.45, 2.75) is 19.0 Å². The van der Waals surface area contributed by atoms with Crippen LogP contribution in [-0.2, 0) is 22.6 Å². The molecule has 0 saturated heterocycles. The number of amides is 1. The highest BCUT2D eigenvalue weighted by Crippen LogP contribution is 2.21. The number of nitrogens with zero attached hydrogens (tertiary/aromatic N) is 1. The van der Waals surface area contributed by atoms with Gasteiger partial charge in [-0.1, -0.05) is 24.3 Å². The van der Waals surface area contributed by atoms with Gasteiger partial charge in [0.15, 0.2) is 0 Å². The molecule has 0 aliphatic carbocycles. The van der Waals surface area contributed by atoms with Crippen molar-refractivity contribution in [2.75, 3.05) is 0 Å². The van der Waals surface area contributed by atoms with Crippen LogP contribution in [0.5, 0.6) is 0 Å². The number of aliphatic carboxylic acids is 1.